The molecule has 0 spiro atoms. The van der Waals surface area contributed by atoms with Crippen LogP contribution in [0.25, 0.3) is 0 Å². The number of phenolic OH excluding ortho intramolecular Hbond substituents is 1. The number of anilines is 2. The fraction of sp³-hybridized carbons (Fsp3) is 0. The number of hydrogen-bond donors (Lipinski definition) is 3. The lowest BCUT2D eigenvalue weighted by molar-refractivity contribution is 0.477. The number of benzene rings is 2. The molecule has 0 aliphatic rings. The van der Waals surface area contributed by atoms with E-state index in [0.717, 1.165) is 12.1 Å². The summed E-state index contributed by atoms with van der Waals surface area (Å²) in [5.41, 5.74) is 5.48. The Bertz CT molecular complexity index is 717. The second kappa shape index (κ2) is 4.77. The van der Waals surface area contributed by atoms with Gasteiger partial charge in [0.25, 0.3) is 10.0 Å². The van der Waals surface area contributed by atoms with E-state index in [1.807, 2.05) is 0 Å². The number of halogens is 1. The van der Waals surface area contributed by atoms with Crippen molar-refractivity contribution in [1.29, 1.82) is 0 Å². The standard InChI is InChI=1S/C12H11FN2O3S/c13-8-2-1-3-9(6-8)15-19(17,18)10-4-5-12(16)11(14)7-10/h1-7,15-16H,14H2. The Morgan fingerprint density at radius 1 is 1.16 bits per heavy atom. The van der Waals surface area contributed by atoms with E-state index in [4.69, 9.17) is 5.73 Å². The van der Waals surface area contributed by atoms with Gasteiger partial charge < -0.3 is 10.8 Å². The third kappa shape index (κ3) is 2.94. The summed E-state index contributed by atoms with van der Waals surface area (Å²) in [5.74, 6) is -0.755. The zero-order valence-corrected chi connectivity index (χ0v) is 10.5. The summed E-state index contributed by atoms with van der Waals surface area (Å²) in [4.78, 5) is -0.118. The first-order valence-corrected chi connectivity index (χ1v) is 6.74. The molecule has 2 rings (SSSR count). The summed E-state index contributed by atoms with van der Waals surface area (Å²) in [6, 6.07) is 8.57. The molecule has 100 valence electrons. The molecule has 0 atom stereocenters. The topological polar surface area (TPSA) is 92.4 Å². The van der Waals surface area contributed by atoms with E-state index >= 15 is 0 Å². The van der Waals surface area contributed by atoms with Crippen LogP contribution in [0.4, 0.5) is 15.8 Å². The van der Waals surface area contributed by atoms with Crippen LogP contribution in [0, 0.1) is 5.82 Å². The van der Waals surface area contributed by atoms with Crippen molar-refractivity contribution in [3.63, 3.8) is 0 Å². The molecule has 19 heavy (non-hydrogen) atoms. The molecule has 0 heterocycles. The van der Waals surface area contributed by atoms with Crippen LogP contribution in [0.1, 0.15) is 0 Å². The van der Waals surface area contributed by atoms with E-state index in [2.05, 4.69) is 4.72 Å². The minimum atomic E-state index is -3.88. The van der Waals surface area contributed by atoms with E-state index in [-0.39, 0.29) is 22.0 Å². The van der Waals surface area contributed by atoms with E-state index in [0.29, 0.717) is 0 Å². The smallest absolute Gasteiger partial charge is 0.261 e. The molecular formula is C12H11FN2O3S. The maximum absolute atomic E-state index is 13.0. The van der Waals surface area contributed by atoms with Crippen molar-refractivity contribution < 1.29 is 17.9 Å². The minimum Gasteiger partial charge on any atom is -0.506 e. The van der Waals surface area contributed by atoms with E-state index in [9.17, 15) is 17.9 Å². The first-order valence-electron chi connectivity index (χ1n) is 5.25. The molecule has 0 bridgehead atoms. The van der Waals surface area contributed by atoms with Gasteiger partial charge in [-0.3, -0.25) is 4.72 Å². The second-order valence-electron chi connectivity index (χ2n) is 3.84. The van der Waals surface area contributed by atoms with E-state index in [1.165, 1.54) is 30.3 Å². The van der Waals surface area contributed by atoms with Gasteiger partial charge in [-0.1, -0.05) is 6.07 Å². The highest BCUT2D eigenvalue weighted by Gasteiger charge is 2.15. The fourth-order valence-electron chi connectivity index (χ4n) is 1.47. The van der Waals surface area contributed by atoms with Crippen LogP contribution in [0.15, 0.2) is 47.4 Å². The fourth-order valence-corrected chi connectivity index (χ4v) is 2.55. The summed E-state index contributed by atoms with van der Waals surface area (Å²) in [5, 5.41) is 9.25. The van der Waals surface area contributed by atoms with Gasteiger partial charge in [-0.15, -0.1) is 0 Å². The number of nitrogens with one attached hydrogen (secondary N) is 1. The van der Waals surface area contributed by atoms with Gasteiger partial charge in [0.2, 0.25) is 0 Å². The average molecular weight is 282 g/mol. The third-order valence-corrected chi connectivity index (χ3v) is 3.77. The average Bonchev–Trinajstić information content (AvgIpc) is 2.32. The molecule has 0 saturated heterocycles. The monoisotopic (exact) mass is 282 g/mol. The first kappa shape index (κ1) is 13.2. The molecular weight excluding hydrogens is 271 g/mol. The molecule has 0 unspecified atom stereocenters. The number of sulfonamides is 1. The van der Waals surface area contributed by atoms with E-state index in [1.54, 1.807) is 0 Å². The van der Waals surface area contributed by atoms with Gasteiger partial charge in [0.15, 0.2) is 0 Å². The largest absolute Gasteiger partial charge is 0.506 e. The van der Waals surface area contributed by atoms with Crippen molar-refractivity contribution in [1.82, 2.24) is 0 Å². The van der Waals surface area contributed by atoms with Crippen LogP contribution in [0.2, 0.25) is 0 Å². The van der Waals surface area contributed by atoms with Crippen LogP contribution >= 0.6 is 0 Å². The predicted octanol–water partition coefficient (Wildman–Crippen LogP) is 1.91. The molecule has 5 nitrogen and oxygen atoms in total. The molecule has 2 aromatic carbocycles. The van der Waals surface area contributed by atoms with Crippen molar-refractivity contribution >= 4 is 21.4 Å². The third-order valence-electron chi connectivity index (χ3n) is 2.39. The van der Waals surface area contributed by atoms with Crippen molar-refractivity contribution in [2.75, 3.05) is 10.5 Å². The number of phenols is 1. The summed E-state index contributed by atoms with van der Waals surface area (Å²) in [6.07, 6.45) is 0. The quantitative estimate of drug-likeness (QED) is 0.592. The van der Waals surface area contributed by atoms with Gasteiger partial charge in [0.05, 0.1) is 16.3 Å². The van der Waals surface area contributed by atoms with Crippen LogP contribution < -0.4 is 10.5 Å². The lowest BCUT2D eigenvalue weighted by Crippen LogP contribution is -2.13. The normalized spacial score (nSPS) is 11.2. The van der Waals surface area contributed by atoms with Gasteiger partial charge in [-0.05, 0) is 36.4 Å². The Balaban J connectivity index is 2.35. The summed E-state index contributed by atoms with van der Waals surface area (Å²) in [6.45, 7) is 0. The molecule has 7 heteroatoms. The summed E-state index contributed by atoms with van der Waals surface area (Å²) in [7, 11) is -3.88. The number of aromatic hydroxyl groups is 1. The zero-order valence-electron chi connectivity index (χ0n) is 9.67. The predicted molar refractivity (Wildman–Crippen MR) is 69.7 cm³/mol. The highest BCUT2D eigenvalue weighted by Crippen LogP contribution is 2.24. The Kier molecular flexibility index (Phi) is 3.30. The van der Waals surface area contributed by atoms with Crippen molar-refractivity contribution in [2.45, 2.75) is 4.90 Å². The molecule has 0 amide bonds. The van der Waals surface area contributed by atoms with Crippen LogP contribution in [0.5, 0.6) is 5.75 Å². The van der Waals surface area contributed by atoms with Crippen LogP contribution in [0.3, 0.4) is 0 Å². The maximum Gasteiger partial charge on any atom is 0.261 e. The minimum absolute atomic E-state index is 0.0536. The molecule has 0 saturated carbocycles. The summed E-state index contributed by atoms with van der Waals surface area (Å²) < 4.78 is 39.2. The number of nitrogen functional groups attached to an aromatic ring is 1. The number of hydrogen-bond acceptors (Lipinski definition) is 4. The second-order valence-corrected chi connectivity index (χ2v) is 5.52. The van der Waals surface area contributed by atoms with Crippen molar-refractivity contribution in [3.05, 3.63) is 48.3 Å². The Morgan fingerprint density at radius 3 is 2.53 bits per heavy atom. The lowest BCUT2D eigenvalue weighted by atomic mass is 10.3. The van der Waals surface area contributed by atoms with Crippen molar-refractivity contribution in [3.8, 4) is 5.75 Å². The molecule has 0 aliphatic carbocycles. The summed E-state index contributed by atoms with van der Waals surface area (Å²) >= 11 is 0. The van der Waals surface area contributed by atoms with Gasteiger partial charge >= 0.3 is 0 Å². The lowest BCUT2D eigenvalue weighted by Gasteiger charge is -2.09. The highest BCUT2D eigenvalue weighted by molar-refractivity contribution is 7.92. The molecule has 4 N–H and O–H groups in total. The van der Waals surface area contributed by atoms with Crippen molar-refractivity contribution in [2.24, 2.45) is 0 Å². The molecule has 0 fully saturated rings. The molecule has 0 radical (unpaired) electrons. The van der Waals surface area contributed by atoms with Gasteiger partial charge in [-0.25, -0.2) is 12.8 Å². The molecule has 2 aromatic rings. The number of nitrogens with two attached hydrogens (primary N) is 1. The maximum atomic E-state index is 13.0. The van der Waals surface area contributed by atoms with Gasteiger partial charge in [-0.2, -0.15) is 0 Å². The SMILES string of the molecule is Nc1cc(S(=O)(=O)Nc2cccc(F)c2)ccc1O. The Labute approximate surface area is 109 Å². The van der Waals surface area contributed by atoms with Crippen LogP contribution in [-0.4, -0.2) is 13.5 Å². The Morgan fingerprint density at radius 2 is 1.89 bits per heavy atom. The van der Waals surface area contributed by atoms with Crippen LogP contribution in [-0.2, 0) is 10.0 Å². The Hall–Kier alpha value is -2.28. The molecule has 0 aromatic heterocycles. The first-order chi connectivity index (χ1) is 8.88. The molecule has 0 aliphatic heterocycles. The zero-order chi connectivity index (χ0) is 14.0. The number of rotatable bonds is 3. The van der Waals surface area contributed by atoms with Gasteiger partial charge in [0.1, 0.15) is 11.6 Å². The highest BCUT2D eigenvalue weighted by atomic mass is 32.2. The van der Waals surface area contributed by atoms with Gasteiger partial charge in [0, 0.05) is 0 Å². The van der Waals surface area contributed by atoms with E-state index < -0.39 is 15.8 Å².